The molecule has 0 radical (unpaired) electrons. The molecule has 5 aliphatic rings. The molecule has 0 aromatic rings. The van der Waals surface area contributed by atoms with Crippen LogP contribution in [0.5, 0.6) is 0 Å². The summed E-state index contributed by atoms with van der Waals surface area (Å²) in [4.78, 5) is 37.5. The highest BCUT2D eigenvalue weighted by molar-refractivity contribution is 6.01. The molecule has 1 aliphatic heterocycles. The molecule has 5 unspecified atom stereocenters. The molecule has 0 spiro atoms. The molecule has 1 saturated heterocycles. The van der Waals surface area contributed by atoms with E-state index >= 15 is 0 Å². The summed E-state index contributed by atoms with van der Waals surface area (Å²) in [6.45, 7) is 7.32. The molecule has 0 aromatic carbocycles. The van der Waals surface area contributed by atoms with Crippen molar-refractivity contribution in [2.45, 2.75) is 77.0 Å². The number of carbonyl (C=O) groups excluding carboxylic acids is 3. The van der Waals surface area contributed by atoms with E-state index in [1.54, 1.807) is 26.0 Å². The number of carbonyl (C=O) groups is 3. The van der Waals surface area contributed by atoms with Gasteiger partial charge in [0.05, 0.1) is 12.2 Å². The largest absolute Gasteiger partial charge is 0.441 e. The Labute approximate surface area is 200 Å². The van der Waals surface area contributed by atoms with Gasteiger partial charge in [-0.1, -0.05) is 25.5 Å². The molecule has 1 heterocycles. The first-order chi connectivity index (χ1) is 15.9. The number of hydrogen-bond donors (Lipinski definition) is 2. The number of amides is 1. The molecule has 186 valence electrons. The van der Waals surface area contributed by atoms with Gasteiger partial charge in [-0.2, -0.15) is 0 Å². The van der Waals surface area contributed by atoms with Gasteiger partial charge < -0.3 is 24.6 Å². The van der Waals surface area contributed by atoms with Crippen molar-refractivity contribution in [3.8, 4) is 0 Å². The van der Waals surface area contributed by atoms with Crippen molar-refractivity contribution in [1.82, 2.24) is 5.32 Å². The number of hydrogen-bond acceptors (Lipinski definition) is 7. The van der Waals surface area contributed by atoms with Gasteiger partial charge in [0.15, 0.2) is 23.8 Å². The zero-order valence-corrected chi connectivity index (χ0v) is 20.6. The van der Waals surface area contributed by atoms with Gasteiger partial charge in [-0.25, -0.2) is 4.79 Å². The van der Waals surface area contributed by atoms with Crippen molar-refractivity contribution >= 4 is 17.7 Å². The topological polar surface area (TPSA) is 111 Å². The average molecular weight is 474 g/mol. The second-order valence-electron chi connectivity index (χ2n) is 11.5. The van der Waals surface area contributed by atoms with Crippen LogP contribution in [0.1, 0.15) is 53.4 Å². The fourth-order valence-corrected chi connectivity index (χ4v) is 8.23. The second kappa shape index (κ2) is 7.48. The highest BCUT2D eigenvalue weighted by atomic mass is 16.8. The van der Waals surface area contributed by atoms with Crippen molar-refractivity contribution in [2.24, 2.45) is 28.6 Å². The van der Waals surface area contributed by atoms with E-state index in [-0.39, 0.29) is 29.3 Å². The Balaban J connectivity index is 1.54. The van der Waals surface area contributed by atoms with Gasteiger partial charge in [0.2, 0.25) is 5.78 Å². The van der Waals surface area contributed by atoms with Crippen molar-refractivity contribution in [2.75, 3.05) is 13.7 Å². The number of Topliss-reactive ketones (excluding diaryl/α,β-unsaturated/α-hetero) is 1. The molecule has 34 heavy (non-hydrogen) atoms. The van der Waals surface area contributed by atoms with Crippen LogP contribution >= 0.6 is 0 Å². The van der Waals surface area contributed by atoms with E-state index in [2.05, 4.69) is 12.2 Å². The minimum atomic E-state index is -1.31. The van der Waals surface area contributed by atoms with Crippen molar-refractivity contribution in [1.29, 1.82) is 0 Å². The zero-order valence-electron chi connectivity index (χ0n) is 20.6. The van der Waals surface area contributed by atoms with Crippen LogP contribution in [-0.2, 0) is 23.8 Å². The van der Waals surface area contributed by atoms with Crippen LogP contribution in [-0.4, -0.2) is 60.0 Å². The highest BCUT2D eigenvalue weighted by Gasteiger charge is 2.76. The lowest BCUT2D eigenvalue weighted by molar-refractivity contribution is -0.225. The van der Waals surface area contributed by atoms with E-state index in [1.165, 1.54) is 7.05 Å². The average Bonchev–Trinajstić information content (AvgIpc) is 3.17. The van der Waals surface area contributed by atoms with E-state index in [9.17, 15) is 19.5 Å². The lowest BCUT2D eigenvalue weighted by Gasteiger charge is -2.59. The third kappa shape index (κ3) is 3.04. The third-order valence-electron chi connectivity index (χ3n) is 9.44. The first kappa shape index (κ1) is 23.7. The lowest BCUT2D eigenvalue weighted by atomic mass is 9.46. The van der Waals surface area contributed by atoms with E-state index < -0.39 is 47.1 Å². The number of fused-ring (bicyclic) bond motifs is 7. The van der Waals surface area contributed by atoms with Crippen LogP contribution in [0.4, 0.5) is 4.79 Å². The molecule has 8 nitrogen and oxygen atoms in total. The summed E-state index contributed by atoms with van der Waals surface area (Å²) in [5, 5.41) is 14.0. The number of aliphatic hydroxyl groups is 1. The van der Waals surface area contributed by atoms with Crippen LogP contribution in [0, 0.1) is 28.6 Å². The molecular formula is C26H35NO7. The van der Waals surface area contributed by atoms with Crippen LogP contribution in [0.25, 0.3) is 0 Å². The van der Waals surface area contributed by atoms with Gasteiger partial charge >= 0.3 is 6.09 Å². The normalized spacial score (nSPS) is 46.0. The third-order valence-corrected chi connectivity index (χ3v) is 9.44. The van der Waals surface area contributed by atoms with E-state index in [1.807, 2.05) is 13.0 Å². The minimum Gasteiger partial charge on any atom is -0.441 e. The fourth-order valence-electron chi connectivity index (χ4n) is 8.23. The van der Waals surface area contributed by atoms with Crippen LogP contribution in [0.15, 0.2) is 23.8 Å². The SMILES string of the molecule is CNC(=O)OCC(=O)[C@@]12OC(C)(C)O[C@H]1CC1C3CCC4=CC(=O)C=CC4(C)C3[C@@H](O)CC12C. The van der Waals surface area contributed by atoms with Gasteiger partial charge in [0, 0.05) is 23.8 Å². The van der Waals surface area contributed by atoms with E-state index in [4.69, 9.17) is 14.2 Å². The Morgan fingerprint density at radius 1 is 1.26 bits per heavy atom. The van der Waals surface area contributed by atoms with Gasteiger partial charge in [0.1, 0.15) is 0 Å². The van der Waals surface area contributed by atoms with Crippen molar-refractivity contribution < 1.29 is 33.7 Å². The zero-order chi connectivity index (χ0) is 24.7. The molecule has 8 heteroatoms. The predicted molar refractivity (Wildman–Crippen MR) is 122 cm³/mol. The number of rotatable bonds is 3. The van der Waals surface area contributed by atoms with Crippen LogP contribution in [0.3, 0.4) is 0 Å². The first-order valence-electron chi connectivity index (χ1n) is 12.3. The number of alkyl carbamates (subject to hydrolysis) is 1. The Morgan fingerprint density at radius 2 is 2.00 bits per heavy atom. The van der Waals surface area contributed by atoms with Gasteiger partial charge in [0.25, 0.3) is 0 Å². The fraction of sp³-hybridized carbons (Fsp3) is 0.731. The summed E-state index contributed by atoms with van der Waals surface area (Å²) >= 11 is 0. The number of aliphatic hydroxyl groups excluding tert-OH is 1. The Hall–Kier alpha value is -2.03. The van der Waals surface area contributed by atoms with E-state index in [0.29, 0.717) is 12.8 Å². The second-order valence-corrected chi connectivity index (χ2v) is 11.5. The standard InChI is InChI=1S/C26H35NO7/c1-23(2)33-20-11-17-16-7-6-14-10-15(28)8-9-24(14,3)21(16)18(29)12-25(17,4)26(20,34-23)19(30)13-32-22(31)27-5/h8-10,16-18,20-21,29H,6-7,11-13H2,1-5H3,(H,27,31)/t16?,17?,18-,20-,21?,24?,25?,26+/m0/s1. The molecule has 4 fully saturated rings. The summed E-state index contributed by atoms with van der Waals surface area (Å²) in [6, 6.07) is 0. The molecule has 3 saturated carbocycles. The molecule has 5 rings (SSSR count). The van der Waals surface area contributed by atoms with Crippen molar-refractivity contribution in [3.63, 3.8) is 0 Å². The number of allylic oxidation sites excluding steroid dienone is 4. The molecule has 0 aromatic heterocycles. The number of nitrogens with one attached hydrogen (secondary N) is 1. The van der Waals surface area contributed by atoms with Gasteiger partial charge in [-0.15, -0.1) is 0 Å². The number of ether oxygens (including phenoxy) is 3. The molecule has 0 bridgehead atoms. The molecule has 2 N–H and O–H groups in total. The summed E-state index contributed by atoms with van der Waals surface area (Å²) in [7, 11) is 1.44. The van der Waals surface area contributed by atoms with Gasteiger partial charge in [-0.3, -0.25) is 9.59 Å². The van der Waals surface area contributed by atoms with Crippen LogP contribution < -0.4 is 5.32 Å². The number of ketones is 2. The summed E-state index contributed by atoms with van der Waals surface area (Å²) < 4.78 is 17.9. The van der Waals surface area contributed by atoms with Crippen LogP contribution in [0.2, 0.25) is 0 Å². The summed E-state index contributed by atoms with van der Waals surface area (Å²) in [5.41, 5.74) is -1.31. The van der Waals surface area contributed by atoms with E-state index in [0.717, 1.165) is 18.4 Å². The maximum absolute atomic E-state index is 13.8. The molecular weight excluding hydrogens is 438 g/mol. The van der Waals surface area contributed by atoms with Crippen molar-refractivity contribution in [3.05, 3.63) is 23.8 Å². The summed E-state index contributed by atoms with van der Waals surface area (Å²) in [5.74, 6) is -1.14. The predicted octanol–water partition coefficient (Wildman–Crippen LogP) is 2.69. The lowest BCUT2D eigenvalue weighted by Crippen LogP contribution is -2.64. The minimum absolute atomic E-state index is 0.00107. The van der Waals surface area contributed by atoms with Gasteiger partial charge in [-0.05, 0) is 63.5 Å². The maximum Gasteiger partial charge on any atom is 0.407 e. The highest BCUT2D eigenvalue weighted by Crippen LogP contribution is 2.70. The Morgan fingerprint density at radius 3 is 2.71 bits per heavy atom. The Bertz CT molecular complexity index is 1000. The Kier molecular flexibility index (Phi) is 5.22. The first-order valence-corrected chi connectivity index (χ1v) is 12.3. The smallest absolute Gasteiger partial charge is 0.407 e. The maximum atomic E-state index is 13.8. The monoisotopic (exact) mass is 473 g/mol. The molecule has 1 amide bonds. The quantitative estimate of drug-likeness (QED) is 0.648. The summed E-state index contributed by atoms with van der Waals surface area (Å²) in [6.07, 6.45) is 6.08. The molecule has 8 atom stereocenters. The molecule has 4 aliphatic carbocycles.